The summed E-state index contributed by atoms with van der Waals surface area (Å²) in [6.45, 7) is 11.6. The van der Waals surface area contributed by atoms with Gasteiger partial charge in [0.15, 0.2) is 7.85 Å². The van der Waals surface area contributed by atoms with Crippen LogP contribution in [0.4, 0.5) is 0 Å². The zero-order chi connectivity index (χ0) is 23.9. The summed E-state index contributed by atoms with van der Waals surface area (Å²) in [7, 11) is 1.40. The first kappa shape index (κ1) is 26.8. The molecule has 31 heavy (non-hydrogen) atoms. The number of carbonyl (C=O) groups is 5. The monoisotopic (exact) mass is 435 g/mol. The number of nitrogens with one attached hydrogen (secondary N) is 2. The minimum absolute atomic E-state index is 0.0965. The van der Waals surface area contributed by atoms with Crippen LogP contribution < -0.4 is 10.6 Å². The van der Waals surface area contributed by atoms with Crippen LogP contribution in [0.2, 0.25) is 0 Å². The second kappa shape index (κ2) is 11.4. The van der Waals surface area contributed by atoms with Crippen molar-refractivity contribution in [1.29, 1.82) is 0 Å². The van der Waals surface area contributed by atoms with Crippen LogP contribution >= 0.6 is 0 Å². The number of hydrogen-bond donors (Lipinski definition) is 2. The van der Waals surface area contributed by atoms with Gasteiger partial charge in [-0.25, -0.2) is 0 Å². The zero-order valence-electron chi connectivity index (χ0n) is 20.0. The molecule has 0 spiro atoms. The van der Waals surface area contributed by atoms with Gasteiger partial charge in [-0.3, -0.25) is 24.1 Å². The van der Waals surface area contributed by atoms with Gasteiger partial charge in [0, 0.05) is 19.4 Å². The Kier molecular flexibility index (Phi) is 9.91. The lowest BCUT2D eigenvalue weighted by Crippen LogP contribution is -2.53. The summed E-state index contributed by atoms with van der Waals surface area (Å²) in [5.74, 6) is -1.20. The van der Waals surface area contributed by atoms with Crippen molar-refractivity contribution in [2.45, 2.75) is 85.7 Å². The first-order valence-electron chi connectivity index (χ1n) is 11.2. The van der Waals surface area contributed by atoms with Gasteiger partial charge in [-0.05, 0) is 31.1 Å². The fourth-order valence-electron chi connectivity index (χ4n) is 3.51. The summed E-state index contributed by atoms with van der Waals surface area (Å²) in [6.07, 6.45) is 2.47. The molecule has 2 N–H and O–H groups in total. The quantitative estimate of drug-likeness (QED) is 0.283. The number of imide groups is 1. The number of hydrogen-bond acceptors (Lipinski definition) is 5. The van der Waals surface area contributed by atoms with Gasteiger partial charge in [-0.2, -0.15) is 0 Å². The lowest BCUT2D eigenvalue weighted by Gasteiger charge is -2.24. The average Bonchev–Trinajstić information content (AvgIpc) is 2.93. The van der Waals surface area contributed by atoms with E-state index in [1.165, 1.54) is 12.7 Å². The van der Waals surface area contributed by atoms with Crippen molar-refractivity contribution in [1.82, 2.24) is 15.5 Å². The maximum absolute atomic E-state index is 12.5. The average molecular weight is 435 g/mol. The van der Waals surface area contributed by atoms with Crippen LogP contribution in [0.5, 0.6) is 0 Å². The first-order chi connectivity index (χ1) is 14.3. The Morgan fingerprint density at radius 2 is 1.68 bits per heavy atom. The van der Waals surface area contributed by atoms with Crippen LogP contribution in [-0.4, -0.2) is 60.7 Å². The molecule has 0 aliphatic carbocycles. The molecule has 9 heteroatoms. The second-order valence-electron chi connectivity index (χ2n) is 9.95. The van der Waals surface area contributed by atoms with Gasteiger partial charge in [0.1, 0.15) is 11.7 Å². The molecule has 0 bridgehead atoms. The number of nitrogens with zero attached hydrogens (tertiary/aromatic N) is 1. The molecular formula is C22H38BN3O5. The highest BCUT2D eigenvalue weighted by Crippen LogP contribution is 2.35. The summed E-state index contributed by atoms with van der Waals surface area (Å²) in [5.41, 5.74) is -0.382. The van der Waals surface area contributed by atoms with Gasteiger partial charge in [0.25, 0.3) is 0 Å². The Bertz CT molecular complexity index is 702. The summed E-state index contributed by atoms with van der Waals surface area (Å²) < 4.78 is 0. The number of unbranched alkanes of at least 4 members (excludes halogenated alkanes) is 2. The Hall–Kier alpha value is -2.19. The predicted octanol–water partition coefficient (Wildman–Crippen LogP) is 0.773. The summed E-state index contributed by atoms with van der Waals surface area (Å²) in [5, 5.41) is 5.37. The Morgan fingerprint density at radius 1 is 1.06 bits per heavy atom. The summed E-state index contributed by atoms with van der Waals surface area (Å²) in [6, 6.07) is -1.30. The third-order valence-electron chi connectivity index (χ3n) is 5.81. The molecule has 8 nitrogen and oxygen atoms in total. The van der Waals surface area contributed by atoms with E-state index in [9.17, 15) is 24.0 Å². The SMILES string of the molecule is BC(=O)[C@@H](C)NC(=O)C(NC(=O)CCCCCN1C(=O)CC(C(C)(C)C)C1=O)C(C)C. The van der Waals surface area contributed by atoms with Crippen molar-refractivity contribution >= 4 is 37.2 Å². The van der Waals surface area contributed by atoms with Crippen LogP contribution in [0, 0.1) is 17.3 Å². The van der Waals surface area contributed by atoms with Crippen LogP contribution in [0.3, 0.4) is 0 Å². The van der Waals surface area contributed by atoms with E-state index in [1.807, 2.05) is 34.6 Å². The fraction of sp³-hybridized carbons (Fsp3) is 0.773. The Balaban J connectivity index is 2.41. The molecule has 0 aromatic heterocycles. The standard InChI is InChI=1S/C22H38BN3O5/c1-13(2)18(20(30)24-14(3)19(23)29)25-16(27)10-8-7-9-11-26-17(28)12-15(21(26)31)22(4,5)6/h13-15,18H,7-12,23H2,1-6H3,(H,24,30)(H,25,27)/t14-,15?,18?/m1/s1. The molecule has 1 aliphatic rings. The third-order valence-corrected chi connectivity index (χ3v) is 5.81. The van der Waals surface area contributed by atoms with E-state index in [0.717, 1.165) is 0 Å². The van der Waals surface area contributed by atoms with E-state index in [1.54, 1.807) is 6.92 Å². The van der Waals surface area contributed by atoms with Gasteiger partial charge in [0.05, 0.1) is 12.0 Å². The summed E-state index contributed by atoms with van der Waals surface area (Å²) >= 11 is 0. The Labute approximate surface area is 186 Å². The van der Waals surface area contributed by atoms with E-state index < -0.39 is 12.1 Å². The van der Waals surface area contributed by atoms with Crippen molar-refractivity contribution in [3.05, 3.63) is 0 Å². The Morgan fingerprint density at radius 3 is 2.16 bits per heavy atom. The largest absolute Gasteiger partial charge is 0.346 e. The lowest BCUT2D eigenvalue weighted by molar-refractivity contribution is -0.140. The van der Waals surface area contributed by atoms with Gasteiger partial charge < -0.3 is 15.4 Å². The van der Waals surface area contributed by atoms with Crippen LogP contribution in [-0.2, 0) is 24.0 Å². The second-order valence-corrected chi connectivity index (χ2v) is 9.95. The lowest BCUT2D eigenvalue weighted by atomic mass is 9.80. The number of carbonyl (C=O) groups excluding carboxylic acids is 5. The fourth-order valence-corrected chi connectivity index (χ4v) is 3.51. The minimum Gasteiger partial charge on any atom is -0.346 e. The molecule has 1 saturated heterocycles. The molecule has 1 aliphatic heterocycles. The van der Waals surface area contributed by atoms with E-state index in [-0.39, 0.29) is 59.4 Å². The minimum atomic E-state index is -0.705. The third kappa shape index (κ3) is 8.11. The van der Waals surface area contributed by atoms with Crippen molar-refractivity contribution < 1.29 is 24.0 Å². The first-order valence-corrected chi connectivity index (χ1v) is 11.2. The van der Waals surface area contributed by atoms with Crippen molar-refractivity contribution in [3.8, 4) is 0 Å². The summed E-state index contributed by atoms with van der Waals surface area (Å²) in [4.78, 5) is 62.0. The predicted molar refractivity (Wildman–Crippen MR) is 121 cm³/mol. The van der Waals surface area contributed by atoms with Crippen LogP contribution in [0.15, 0.2) is 0 Å². The van der Waals surface area contributed by atoms with Gasteiger partial charge >= 0.3 is 0 Å². The molecule has 3 atom stereocenters. The van der Waals surface area contributed by atoms with Crippen LogP contribution in [0.1, 0.15) is 73.6 Å². The molecule has 1 heterocycles. The van der Waals surface area contributed by atoms with Gasteiger partial charge in [-0.1, -0.05) is 41.0 Å². The van der Waals surface area contributed by atoms with E-state index >= 15 is 0 Å². The van der Waals surface area contributed by atoms with Crippen molar-refractivity contribution in [2.75, 3.05) is 6.54 Å². The molecule has 174 valence electrons. The zero-order valence-corrected chi connectivity index (χ0v) is 20.0. The molecule has 0 saturated carbocycles. The molecule has 2 unspecified atom stereocenters. The molecular weight excluding hydrogens is 397 g/mol. The van der Waals surface area contributed by atoms with Crippen LogP contribution in [0.25, 0.3) is 0 Å². The molecule has 4 amide bonds. The highest BCUT2D eigenvalue weighted by Gasteiger charge is 2.44. The molecule has 0 aromatic rings. The number of likely N-dealkylation sites (tertiary alicyclic amines) is 1. The topological polar surface area (TPSA) is 113 Å². The molecule has 0 radical (unpaired) electrons. The van der Waals surface area contributed by atoms with Crippen molar-refractivity contribution in [2.24, 2.45) is 17.3 Å². The maximum atomic E-state index is 12.5. The molecule has 1 fully saturated rings. The van der Waals surface area contributed by atoms with Crippen molar-refractivity contribution in [3.63, 3.8) is 0 Å². The van der Waals surface area contributed by atoms with Gasteiger partial charge in [-0.15, -0.1) is 0 Å². The smallest absolute Gasteiger partial charge is 0.243 e. The molecule has 1 rings (SSSR count). The van der Waals surface area contributed by atoms with Gasteiger partial charge in [0.2, 0.25) is 23.6 Å². The number of amides is 4. The van der Waals surface area contributed by atoms with E-state index in [0.29, 0.717) is 25.8 Å². The van der Waals surface area contributed by atoms with E-state index in [2.05, 4.69) is 10.6 Å². The van der Waals surface area contributed by atoms with E-state index in [4.69, 9.17) is 0 Å². The maximum Gasteiger partial charge on any atom is 0.243 e. The normalized spacial score (nSPS) is 18.8. The molecule has 0 aromatic carbocycles. The highest BCUT2D eigenvalue weighted by atomic mass is 16.2. The number of rotatable bonds is 11. The highest BCUT2D eigenvalue weighted by molar-refractivity contribution is 6.59.